The Balaban J connectivity index is 2.32. The summed E-state index contributed by atoms with van der Waals surface area (Å²) in [4.78, 5) is 11.6. The summed E-state index contributed by atoms with van der Waals surface area (Å²) in [6, 6.07) is 6.17. The highest BCUT2D eigenvalue weighted by Gasteiger charge is 2.27. The Kier molecular flexibility index (Phi) is 4.96. The van der Waals surface area contributed by atoms with Crippen molar-refractivity contribution in [1.29, 1.82) is 0 Å². The van der Waals surface area contributed by atoms with E-state index in [4.69, 9.17) is 5.11 Å². The van der Waals surface area contributed by atoms with E-state index in [9.17, 15) is 13.2 Å². The molecule has 1 aromatic rings. The third-order valence-corrected chi connectivity index (χ3v) is 4.85. The van der Waals surface area contributed by atoms with E-state index < -0.39 is 10.0 Å². The molecule has 6 nitrogen and oxygen atoms in total. The number of sulfonamides is 1. The summed E-state index contributed by atoms with van der Waals surface area (Å²) in [6.45, 7) is 0.318. The topological polar surface area (TPSA) is 86.7 Å². The van der Waals surface area contributed by atoms with Crippen molar-refractivity contribution in [2.75, 3.05) is 26.2 Å². The lowest BCUT2D eigenvalue weighted by molar-refractivity contribution is -0.120. The van der Waals surface area contributed by atoms with Crippen LogP contribution in [0.1, 0.15) is 12.0 Å². The number of aliphatic hydroxyl groups excluding tert-OH is 1. The minimum absolute atomic E-state index is 0.0990. The molecule has 1 aliphatic rings. The lowest BCUT2D eigenvalue weighted by atomic mass is 10.2. The Bertz CT molecular complexity index is 688. The molecule has 0 saturated carbocycles. The van der Waals surface area contributed by atoms with E-state index in [0.29, 0.717) is 25.1 Å². The molecule has 112 valence electrons. The molecule has 1 fully saturated rings. The molecular formula is C14H16N2O4S. The van der Waals surface area contributed by atoms with Crippen molar-refractivity contribution >= 4 is 15.9 Å². The molecule has 0 unspecified atom stereocenters. The Morgan fingerprint density at radius 3 is 2.95 bits per heavy atom. The smallest absolute Gasteiger partial charge is 0.243 e. The van der Waals surface area contributed by atoms with E-state index in [2.05, 4.69) is 17.2 Å². The zero-order valence-electron chi connectivity index (χ0n) is 11.4. The highest BCUT2D eigenvalue weighted by molar-refractivity contribution is 7.89. The molecule has 2 N–H and O–H groups in total. The van der Waals surface area contributed by atoms with Gasteiger partial charge in [0.15, 0.2) is 0 Å². The first-order valence-electron chi connectivity index (χ1n) is 6.50. The molecule has 7 heteroatoms. The van der Waals surface area contributed by atoms with Crippen LogP contribution in [-0.2, 0) is 14.8 Å². The van der Waals surface area contributed by atoms with Gasteiger partial charge in [-0.1, -0.05) is 17.9 Å². The van der Waals surface area contributed by atoms with Crippen LogP contribution in [-0.4, -0.2) is 50.0 Å². The van der Waals surface area contributed by atoms with Gasteiger partial charge in [0.2, 0.25) is 15.9 Å². The van der Waals surface area contributed by atoms with Crippen molar-refractivity contribution in [3.05, 3.63) is 29.8 Å². The van der Waals surface area contributed by atoms with E-state index >= 15 is 0 Å². The normalized spacial score (nSPS) is 16.5. The highest BCUT2D eigenvalue weighted by atomic mass is 32.2. The lowest BCUT2D eigenvalue weighted by Gasteiger charge is -2.18. The van der Waals surface area contributed by atoms with Crippen molar-refractivity contribution in [3.63, 3.8) is 0 Å². The molecule has 1 saturated heterocycles. The van der Waals surface area contributed by atoms with Crippen molar-refractivity contribution < 1.29 is 18.3 Å². The van der Waals surface area contributed by atoms with Crippen LogP contribution >= 0.6 is 0 Å². The van der Waals surface area contributed by atoms with Gasteiger partial charge in [-0.3, -0.25) is 4.79 Å². The fourth-order valence-corrected chi connectivity index (χ4v) is 3.49. The van der Waals surface area contributed by atoms with E-state index in [1.165, 1.54) is 16.4 Å². The molecule has 2 rings (SSSR count). The van der Waals surface area contributed by atoms with Gasteiger partial charge in [-0.2, -0.15) is 4.31 Å². The molecular weight excluding hydrogens is 292 g/mol. The summed E-state index contributed by atoms with van der Waals surface area (Å²) in [5.74, 6) is 4.84. The van der Waals surface area contributed by atoms with Crippen molar-refractivity contribution in [2.24, 2.45) is 0 Å². The monoisotopic (exact) mass is 308 g/mol. The maximum Gasteiger partial charge on any atom is 0.243 e. The zero-order chi connectivity index (χ0) is 15.3. The average molecular weight is 308 g/mol. The second-order valence-corrected chi connectivity index (χ2v) is 6.47. The lowest BCUT2D eigenvalue weighted by Crippen LogP contribution is -2.37. The maximum absolute atomic E-state index is 12.6. The van der Waals surface area contributed by atoms with Gasteiger partial charge >= 0.3 is 0 Å². The number of hydrogen-bond donors (Lipinski definition) is 2. The van der Waals surface area contributed by atoms with Crippen LogP contribution in [0.2, 0.25) is 0 Å². The molecule has 0 spiro atoms. The van der Waals surface area contributed by atoms with Crippen molar-refractivity contribution in [3.8, 4) is 11.8 Å². The summed E-state index contributed by atoms with van der Waals surface area (Å²) in [5.41, 5.74) is 0.504. The molecule has 21 heavy (non-hydrogen) atoms. The number of hydrogen-bond acceptors (Lipinski definition) is 4. The van der Waals surface area contributed by atoms with Crippen LogP contribution in [0.4, 0.5) is 0 Å². The second kappa shape index (κ2) is 6.72. The number of amides is 1. The van der Waals surface area contributed by atoms with E-state index in [0.717, 1.165) is 0 Å². The standard InChI is InChI=1S/C14H16N2O4S/c17-9-2-5-12-4-1-6-13(10-12)21(19,20)16-8-3-7-15-14(18)11-16/h1,4,6,10,17H,3,7-9,11H2,(H,15,18). The number of carbonyl (C=O) groups excluding carboxylic acids is 1. The van der Waals surface area contributed by atoms with Crippen LogP contribution < -0.4 is 5.32 Å². The molecule has 1 amide bonds. The fourth-order valence-electron chi connectivity index (χ4n) is 2.01. The minimum atomic E-state index is -3.72. The summed E-state index contributed by atoms with van der Waals surface area (Å²) >= 11 is 0. The SMILES string of the molecule is O=C1CN(S(=O)(=O)c2cccc(C#CCO)c2)CCCN1. The van der Waals surface area contributed by atoms with Gasteiger partial charge in [0.25, 0.3) is 0 Å². The molecule has 0 aliphatic carbocycles. The first-order valence-corrected chi connectivity index (χ1v) is 7.94. The van der Waals surface area contributed by atoms with Gasteiger partial charge in [-0.05, 0) is 24.6 Å². The highest BCUT2D eigenvalue weighted by Crippen LogP contribution is 2.17. The van der Waals surface area contributed by atoms with Crippen molar-refractivity contribution in [1.82, 2.24) is 9.62 Å². The summed E-state index contributed by atoms with van der Waals surface area (Å²) in [6.07, 6.45) is 0.578. The molecule has 0 bridgehead atoms. The zero-order valence-corrected chi connectivity index (χ0v) is 12.2. The fraction of sp³-hybridized carbons (Fsp3) is 0.357. The third-order valence-electron chi connectivity index (χ3n) is 3.01. The first kappa shape index (κ1) is 15.5. The molecule has 1 aromatic carbocycles. The molecule has 0 aromatic heterocycles. The Hall–Kier alpha value is -1.88. The van der Waals surface area contributed by atoms with Crippen LogP contribution in [0.5, 0.6) is 0 Å². The Labute approximate surface area is 123 Å². The Morgan fingerprint density at radius 2 is 2.19 bits per heavy atom. The average Bonchev–Trinajstić information content (AvgIpc) is 2.70. The first-order chi connectivity index (χ1) is 10.0. The van der Waals surface area contributed by atoms with Gasteiger partial charge in [0.05, 0.1) is 11.4 Å². The van der Waals surface area contributed by atoms with Crippen LogP contribution in [0.25, 0.3) is 0 Å². The minimum Gasteiger partial charge on any atom is -0.384 e. The number of rotatable bonds is 2. The van der Waals surface area contributed by atoms with Gasteiger partial charge in [-0.15, -0.1) is 0 Å². The number of nitrogens with one attached hydrogen (secondary N) is 1. The number of carbonyl (C=O) groups is 1. The molecule has 1 heterocycles. The number of nitrogens with zero attached hydrogens (tertiary/aromatic N) is 1. The van der Waals surface area contributed by atoms with Gasteiger partial charge in [-0.25, -0.2) is 8.42 Å². The van der Waals surface area contributed by atoms with Crippen molar-refractivity contribution in [2.45, 2.75) is 11.3 Å². The predicted molar refractivity (Wildman–Crippen MR) is 76.8 cm³/mol. The molecule has 0 atom stereocenters. The number of benzene rings is 1. The van der Waals surface area contributed by atoms with Crippen LogP contribution in [0.15, 0.2) is 29.2 Å². The largest absolute Gasteiger partial charge is 0.384 e. The predicted octanol–water partition coefficient (Wildman–Crippen LogP) is -0.459. The maximum atomic E-state index is 12.6. The van der Waals surface area contributed by atoms with E-state index in [1.807, 2.05) is 0 Å². The van der Waals surface area contributed by atoms with Gasteiger partial charge < -0.3 is 10.4 Å². The second-order valence-electron chi connectivity index (χ2n) is 4.53. The van der Waals surface area contributed by atoms with Crippen LogP contribution in [0, 0.1) is 11.8 Å². The van der Waals surface area contributed by atoms with Gasteiger partial charge in [0.1, 0.15) is 6.61 Å². The quantitative estimate of drug-likeness (QED) is 0.724. The third kappa shape index (κ3) is 3.82. The Morgan fingerprint density at radius 1 is 1.38 bits per heavy atom. The summed E-state index contributed by atoms with van der Waals surface area (Å²) in [5, 5.41) is 11.3. The molecule has 1 aliphatic heterocycles. The van der Waals surface area contributed by atoms with E-state index in [1.54, 1.807) is 12.1 Å². The summed E-state index contributed by atoms with van der Waals surface area (Å²) < 4.78 is 26.3. The number of aliphatic hydroxyl groups is 1. The van der Waals surface area contributed by atoms with Crippen LogP contribution in [0.3, 0.4) is 0 Å². The molecule has 0 radical (unpaired) electrons. The van der Waals surface area contributed by atoms with E-state index in [-0.39, 0.29) is 24.0 Å². The van der Waals surface area contributed by atoms with Gasteiger partial charge in [0, 0.05) is 18.7 Å². The summed E-state index contributed by atoms with van der Waals surface area (Å²) in [7, 11) is -3.72.